The average molecular weight is 413 g/mol. The van der Waals surface area contributed by atoms with Crippen LogP contribution in [-0.4, -0.2) is 35.8 Å². The normalized spacial score (nSPS) is 43.5. The highest BCUT2D eigenvalue weighted by Crippen LogP contribution is 2.63. The first-order valence-corrected chi connectivity index (χ1v) is 12.0. The molecule has 3 saturated carbocycles. The van der Waals surface area contributed by atoms with Crippen molar-refractivity contribution in [3.63, 3.8) is 0 Å². The summed E-state index contributed by atoms with van der Waals surface area (Å²) in [5.41, 5.74) is 0.280. The average Bonchev–Trinajstić information content (AvgIpc) is 3.34. The van der Waals surface area contributed by atoms with Gasteiger partial charge in [0.1, 0.15) is 0 Å². The van der Waals surface area contributed by atoms with Crippen molar-refractivity contribution in [2.75, 3.05) is 7.05 Å². The van der Waals surface area contributed by atoms with E-state index in [0.717, 1.165) is 17.7 Å². The molecule has 5 rings (SSSR count). The number of thiophene rings is 1. The second kappa shape index (κ2) is 6.69. The summed E-state index contributed by atoms with van der Waals surface area (Å²) in [5.74, 6) is 2.26. The molecule has 3 aliphatic carbocycles. The van der Waals surface area contributed by atoms with E-state index in [0.29, 0.717) is 23.8 Å². The first-order valence-electron chi connectivity index (χ1n) is 11.1. The van der Waals surface area contributed by atoms with E-state index in [1.54, 1.807) is 0 Å². The molecule has 1 aromatic rings. The zero-order valence-corrected chi connectivity index (χ0v) is 18.5. The number of nitrogens with one attached hydrogen (secondary N) is 1. The van der Waals surface area contributed by atoms with Crippen LogP contribution in [-0.2, 0) is 4.79 Å². The second-order valence-electron chi connectivity index (χ2n) is 10.2. The molecule has 5 heteroatoms. The topological polar surface area (TPSA) is 49.4 Å². The van der Waals surface area contributed by atoms with Crippen LogP contribution < -0.4 is 5.32 Å². The molecule has 0 radical (unpaired) electrons. The van der Waals surface area contributed by atoms with Gasteiger partial charge >= 0.3 is 0 Å². The summed E-state index contributed by atoms with van der Waals surface area (Å²) in [5, 5.41) is 5.37. The monoisotopic (exact) mass is 412 g/mol. The van der Waals surface area contributed by atoms with Crippen LogP contribution in [0.5, 0.6) is 0 Å². The Bertz CT molecular complexity index is 849. The van der Waals surface area contributed by atoms with Crippen molar-refractivity contribution in [1.82, 2.24) is 10.2 Å². The molecule has 3 fully saturated rings. The second-order valence-corrected chi connectivity index (χ2v) is 11.2. The molecule has 0 spiro atoms. The lowest BCUT2D eigenvalue weighted by Gasteiger charge is -2.60. The van der Waals surface area contributed by atoms with E-state index in [4.69, 9.17) is 0 Å². The van der Waals surface area contributed by atoms with Crippen molar-refractivity contribution in [2.45, 2.75) is 64.5 Å². The number of carbonyl (C=O) groups excluding carboxylic acids is 2. The largest absolute Gasteiger partial charge is 0.348 e. The Morgan fingerprint density at radius 1 is 1.17 bits per heavy atom. The quantitative estimate of drug-likeness (QED) is 0.778. The van der Waals surface area contributed by atoms with Gasteiger partial charge < -0.3 is 10.2 Å². The molecule has 2 heterocycles. The zero-order valence-electron chi connectivity index (χ0n) is 17.7. The Hall–Kier alpha value is -1.62. The van der Waals surface area contributed by atoms with Crippen molar-refractivity contribution in [1.29, 1.82) is 0 Å². The number of hydrogen-bond acceptors (Lipinski definition) is 3. The van der Waals surface area contributed by atoms with Gasteiger partial charge in [-0.25, -0.2) is 0 Å². The maximum absolute atomic E-state index is 12.7. The van der Waals surface area contributed by atoms with Crippen LogP contribution in [0.4, 0.5) is 0 Å². The molecule has 1 N–H and O–H groups in total. The van der Waals surface area contributed by atoms with Gasteiger partial charge in [0.25, 0.3) is 5.91 Å². The maximum Gasteiger partial charge on any atom is 0.261 e. The highest BCUT2D eigenvalue weighted by Gasteiger charge is 2.60. The zero-order chi connectivity index (χ0) is 20.4. The van der Waals surface area contributed by atoms with Crippen molar-refractivity contribution in [2.24, 2.45) is 28.6 Å². The van der Waals surface area contributed by atoms with Crippen LogP contribution in [0, 0.1) is 28.6 Å². The molecule has 4 aliphatic rings. The highest BCUT2D eigenvalue weighted by atomic mass is 32.1. The Morgan fingerprint density at radius 3 is 2.76 bits per heavy atom. The van der Waals surface area contributed by atoms with Crippen LogP contribution in [0.25, 0.3) is 0 Å². The molecule has 7 atom stereocenters. The molecule has 156 valence electrons. The predicted octanol–water partition coefficient (Wildman–Crippen LogP) is 4.49. The molecule has 0 saturated heterocycles. The van der Waals surface area contributed by atoms with Crippen molar-refractivity contribution in [3.05, 3.63) is 34.5 Å². The summed E-state index contributed by atoms with van der Waals surface area (Å²) in [6.07, 6.45) is 11.0. The Labute approximate surface area is 177 Å². The van der Waals surface area contributed by atoms with E-state index < -0.39 is 0 Å². The number of rotatable bonds is 2. The lowest BCUT2D eigenvalue weighted by molar-refractivity contribution is -0.138. The number of hydrogen-bond donors (Lipinski definition) is 1. The molecule has 0 bridgehead atoms. The minimum atomic E-state index is 0.0885. The number of fused-ring (bicyclic) bond motifs is 5. The maximum atomic E-state index is 12.7. The smallest absolute Gasteiger partial charge is 0.261 e. The lowest BCUT2D eigenvalue weighted by atomic mass is 9.48. The van der Waals surface area contributed by atoms with Gasteiger partial charge in [-0.2, -0.15) is 0 Å². The van der Waals surface area contributed by atoms with Gasteiger partial charge in [-0.1, -0.05) is 26.0 Å². The van der Waals surface area contributed by atoms with E-state index in [1.807, 2.05) is 35.5 Å². The molecule has 4 nitrogen and oxygen atoms in total. The summed E-state index contributed by atoms with van der Waals surface area (Å²) < 4.78 is 0. The van der Waals surface area contributed by atoms with Crippen LogP contribution in [0.2, 0.25) is 0 Å². The third-order valence-electron chi connectivity index (χ3n) is 9.18. The lowest BCUT2D eigenvalue weighted by Crippen LogP contribution is -2.60. The SMILES string of the molecule is CN1C(=O)C=C[C@]2(C)[C@H]3CC[C@]4(C)[C@@H](NC(=O)c5cccs5)CC[C@H]4[C@@H]3CC[C@@H]12. The number of nitrogens with zero attached hydrogens (tertiary/aromatic N) is 1. The van der Waals surface area contributed by atoms with Gasteiger partial charge in [0, 0.05) is 24.5 Å². The molecular weight excluding hydrogens is 380 g/mol. The van der Waals surface area contributed by atoms with E-state index in [1.165, 1.54) is 37.0 Å². The molecule has 2 amide bonds. The fraction of sp³-hybridized carbons (Fsp3) is 0.667. The minimum absolute atomic E-state index is 0.0885. The fourth-order valence-electron chi connectivity index (χ4n) is 7.61. The van der Waals surface area contributed by atoms with Crippen LogP contribution >= 0.6 is 11.3 Å². The van der Waals surface area contributed by atoms with Gasteiger partial charge in [-0.05, 0) is 79.2 Å². The standard InChI is InChI=1S/C24H32N2O2S/c1-23-12-10-17-15(6-9-20-24(17,2)13-11-21(27)26(20)3)16(23)7-8-19(23)25-22(28)18-5-4-14-29-18/h4-5,11,13-17,19-20H,6-10,12H2,1-3H3,(H,25,28)/t15-,16-,17-,19-,20+,23-,24+/m0/s1. The van der Waals surface area contributed by atoms with Gasteiger partial charge in [-0.3, -0.25) is 9.59 Å². The van der Waals surface area contributed by atoms with E-state index >= 15 is 0 Å². The van der Waals surface area contributed by atoms with Crippen molar-refractivity contribution < 1.29 is 9.59 Å². The van der Waals surface area contributed by atoms with Crippen LogP contribution in [0.3, 0.4) is 0 Å². The molecule has 1 aromatic heterocycles. The molecule has 29 heavy (non-hydrogen) atoms. The van der Waals surface area contributed by atoms with Gasteiger partial charge in [0.15, 0.2) is 0 Å². The van der Waals surface area contributed by atoms with Gasteiger partial charge in [-0.15, -0.1) is 11.3 Å². The molecule has 0 aromatic carbocycles. The summed E-state index contributed by atoms with van der Waals surface area (Å²) >= 11 is 1.52. The van der Waals surface area contributed by atoms with Crippen molar-refractivity contribution >= 4 is 23.2 Å². The summed E-state index contributed by atoms with van der Waals surface area (Å²) in [6, 6.07) is 4.48. The van der Waals surface area contributed by atoms with Crippen LogP contribution in [0.15, 0.2) is 29.7 Å². The number of carbonyl (C=O) groups is 2. The molecule has 1 aliphatic heterocycles. The summed E-state index contributed by atoms with van der Waals surface area (Å²) in [7, 11) is 1.98. The van der Waals surface area contributed by atoms with Crippen LogP contribution in [0.1, 0.15) is 62.0 Å². The Balaban J connectivity index is 1.38. The predicted molar refractivity (Wildman–Crippen MR) is 116 cm³/mol. The Morgan fingerprint density at radius 2 is 2.00 bits per heavy atom. The minimum Gasteiger partial charge on any atom is -0.348 e. The Kier molecular flexibility index (Phi) is 4.47. The summed E-state index contributed by atoms with van der Waals surface area (Å²) in [4.78, 5) is 27.8. The van der Waals surface area contributed by atoms with E-state index in [2.05, 4.69) is 25.2 Å². The van der Waals surface area contributed by atoms with E-state index in [-0.39, 0.29) is 28.7 Å². The van der Waals surface area contributed by atoms with E-state index in [9.17, 15) is 9.59 Å². The third kappa shape index (κ3) is 2.76. The van der Waals surface area contributed by atoms with Gasteiger partial charge in [0.2, 0.25) is 5.91 Å². The first kappa shape index (κ1) is 19.3. The fourth-order valence-corrected chi connectivity index (χ4v) is 8.24. The first-order chi connectivity index (χ1) is 13.8. The highest BCUT2D eigenvalue weighted by molar-refractivity contribution is 7.12. The third-order valence-corrected chi connectivity index (χ3v) is 10.0. The number of amides is 2. The molecular formula is C24H32N2O2S. The van der Waals surface area contributed by atoms with Crippen molar-refractivity contribution in [3.8, 4) is 0 Å². The molecule has 0 unspecified atom stereocenters. The summed E-state index contributed by atoms with van der Waals surface area (Å²) in [6.45, 7) is 4.82. The number of likely N-dealkylation sites (N-methyl/N-ethyl adjacent to an activating group) is 1. The van der Waals surface area contributed by atoms with Gasteiger partial charge in [0.05, 0.1) is 4.88 Å².